The number of halogens is 1. The number of fused-ring (bicyclic) bond motifs is 1. The summed E-state index contributed by atoms with van der Waals surface area (Å²) in [6.07, 6.45) is 1.16. The zero-order chi connectivity index (χ0) is 33.1. The lowest BCUT2D eigenvalue weighted by Gasteiger charge is -2.30. The highest BCUT2D eigenvalue weighted by molar-refractivity contribution is 7.90. The smallest absolute Gasteiger partial charge is 0.304 e. The highest BCUT2D eigenvalue weighted by Crippen LogP contribution is 2.33. The van der Waals surface area contributed by atoms with Gasteiger partial charge in [-0.25, -0.2) is 9.37 Å². The van der Waals surface area contributed by atoms with Gasteiger partial charge in [0.2, 0.25) is 5.75 Å². The molecular weight excluding hydrogens is 629 g/mol. The molecule has 246 valence electrons. The Morgan fingerprint density at radius 3 is 2.36 bits per heavy atom. The van der Waals surface area contributed by atoms with E-state index in [9.17, 15) is 27.2 Å². The summed E-state index contributed by atoms with van der Waals surface area (Å²) in [5.41, 5.74) is 1.09. The van der Waals surface area contributed by atoms with Crippen molar-refractivity contribution >= 4 is 38.8 Å². The predicted molar refractivity (Wildman–Crippen MR) is 173 cm³/mol. The Hall–Kier alpha value is -4.66. The molecule has 2 fully saturated rings. The Kier molecular flexibility index (Phi) is 9.34. The molecule has 0 unspecified atom stereocenters. The Bertz CT molecular complexity index is 1960. The van der Waals surface area contributed by atoms with Crippen molar-refractivity contribution in [1.29, 1.82) is 0 Å². The molecule has 2 aliphatic heterocycles. The first-order valence-corrected chi connectivity index (χ1v) is 16.6. The van der Waals surface area contributed by atoms with Crippen LogP contribution in [0.3, 0.4) is 0 Å². The molecule has 0 spiro atoms. The van der Waals surface area contributed by atoms with Gasteiger partial charge >= 0.3 is 15.8 Å². The molecule has 12 nitrogen and oxygen atoms in total. The molecule has 0 aliphatic carbocycles. The third kappa shape index (κ3) is 6.89. The number of nitrogens with zero attached hydrogens (tertiary/aromatic N) is 5. The molecule has 47 heavy (non-hydrogen) atoms. The fourth-order valence-corrected chi connectivity index (χ4v) is 6.93. The van der Waals surface area contributed by atoms with E-state index in [-0.39, 0.29) is 67.5 Å². The maximum atomic E-state index is 14.2. The number of benzene rings is 2. The average Bonchev–Trinajstić information content (AvgIpc) is 3.35. The number of carbonyl (C=O) groups excluding carboxylic acids is 2. The molecule has 0 N–H and O–H groups in total. The predicted octanol–water partition coefficient (Wildman–Crippen LogP) is 3.02. The fourth-order valence-electron chi connectivity index (χ4n) is 5.58. The van der Waals surface area contributed by atoms with E-state index >= 15 is 0 Å². The fraction of sp³-hybridized carbons (Fsp3) is 0.333. The monoisotopic (exact) mass is 663 g/mol. The van der Waals surface area contributed by atoms with E-state index in [2.05, 4.69) is 4.98 Å². The molecule has 6 rings (SSSR count). The summed E-state index contributed by atoms with van der Waals surface area (Å²) in [5, 5.41) is 0. The molecule has 2 aliphatic rings. The second-order valence-electron chi connectivity index (χ2n) is 11.4. The van der Waals surface area contributed by atoms with E-state index in [1.54, 1.807) is 12.3 Å². The van der Waals surface area contributed by atoms with Crippen LogP contribution in [-0.2, 0) is 32.8 Å². The molecular formula is C33H34FN5O7S. The Morgan fingerprint density at radius 1 is 0.957 bits per heavy atom. The van der Waals surface area contributed by atoms with Crippen LogP contribution in [0.2, 0.25) is 0 Å². The summed E-state index contributed by atoms with van der Waals surface area (Å²) in [6, 6.07) is 16.3. The third-order valence-electron chi connectivity index (χ3n) is 8.22. The number of Topliss-reactive ketones (excluding diaryl/α,β-unsaturated/α-hetero) is 2. The summed E-state index contributed by atoms with van der Waals surface area (Å²) < 4.78 is 55.1. The SMILES string of the molecule is CN1CCN(c2cc(N3CCOCC3)cn3c(=O)c(OCc4ccccc4)c(C(=O)CCC(=O)Cc4ccc(F)cc4)nc23)S1(=O)=O. The van der Waals surface area contributed by atoms with Gasteiger partial charge in [-0.05, 0) is 29.3 Å². The number of hydrogen-bond acceptors (Lipinski definition) is 9. The van der Waals surface area contributed by atoms with Gasteiger partial charge in [-0.2, -0.15) is 12.7 Å². The molecule has 2 aromatic heterocycles. The normalized spacial score (nSPS) is 16.5. The van der Waals surface area contributed by atoms with Gasteiger partial charge in [0, 0.05) is 58.7 Å². The summed E-state index contributed by atoms with van der Waals surface area (Å²) in [6.45, 7) is 2.29. The van der Waals surface area contributed by atoms with Crippen molar-refractivity contribution in [2.24, 2.45) is 0 Å². The largest absolute Gasteiger partial charge is 0.481 e. The first-order valence-electron chi connectivity index (χ1n) is 15.2. The number of carbonyl (C=O) groups is 2. The number of likely N-dealkylation sites (N-methyl/N-ethyl adjacent to an activating group) is 1. The van der Waals surface area contributed by atoms with Gasteiger partial charge in [0.15, 0.2) is 17.1 Å². The van der Waals surface area contributed by atoms with Crippen molar-refractivity contribution in [3.05, 3.63) is 99.9 Å². The van der Waals surface area contributed by atoms with Crippen LogP contribution in [0.1, 0.15) is 34.5 Å². The number of pyridine rings is 1. The third-order valence-corrected chi connectivity index (χ3v) is 10.1. The van der Waals surface area contributed by atoms with Gasteiger partial charge in [0.05, 0.1) is 24.6 Å². The number of aromatic nitrogens is 2. The van der Waals surface area contributed by atoms with E-state index in [4.69, 9.17) is 9.47 Å². The number of morpholine rings is 1. The van der Waals surface area contributed by atoms with Crippen LogP contribution in [0, 0.1) is 5.82 Å². The zero-order valence-electron chi connectivity index (χ0n) is 25.8. The highest BCUT2D eigenvalue weighted by Gasteiger charge is 2.37. The van der Waals surface area contributed by atoms with Gasteiger partial charge in [-0.1, -0.05) is 42.5 Å². The van der Waals surface area contributed by atoms with E-state index in [0.717, 1.165) is 5.56 Å². The highest BCUT2D eigenvalue weighted by atomic mass is 32.2. The topological polar surface area (TPSA) is 131 Å². The lowest BCUT2D eigenvalue weighted by atomic mass is 10.0. The van der Waals surface area contributed by atoms with Crippen molar-refractivity contribution in [1.82, 2.24) is 13.7 Å². The van der Waals surface area contributed by atoms with Crippen molar-refractivity contribution < 1.29 is 31.9 Å². The lowest BCUT2D eigenvalue weighted by molar-refractivity contribution is -0.118. The molecule has 2 aromatic carbocycles. The summed E-state index contributed by atoms with van der Waals surface area (Å²) in [4.78, 5) is 47.3. The minimum Gasteiger partial charge on any atom is -0.481 e. The van der Waals surface area contributed by atoms with Crippen LogP contribution < -0.4 is 19.5 Å². The molecule has 0 radical (unpaired) electrons. The maximum absolute atomic E-state index is 14.2. The summed E-state index contributed by atoms with van der Waals surface area (Å²) in [7, 11) is -2.46. The average molecular weight is 664 g/mol. The first-order chi connectivity index (χ1) is 22.6. The van der Waals surface area contributed by atoms with E-state index in [1.165, 1.54) is 44.3 Å². The van der Waals surface area contributed by atoms with Gasteiger partial charge in [0.25, 0.3) is 0 Å². The summed E-state index contributed by atoms with van der Waals surface area (Å²) >= 11 is 0. The van der Waals surface area contributed by atoms with Gasteiger partial charge < -0.3 is 14.4 Å². The molecule has 4 aromatic rings. The number of ketones is 2. The number of anilines is 2. The standard InChI is InChI=1S/C33H34FN5O7S/c1-36-13-14-39(47(36,43)44)28-20-26(37-15-17-45-18-16-37)21-38-32(28)35-30(31(33(38)42)46-22-24-5-3-2-4-6-24)29(41)12-11-27(40)19-23-7-9-25(34)10-8-23/h2-10,20-21H,11-19,22H2,1H3. The second-order valence-corrected chi connectivity index (χ2v) is 13.4. The van der Waals surface area contributed by atoms with Crippen LogP contribution in [0.4, 0.5) is 15.8 Å². The second kappa shape index (κ2) is 13.6. The molecule has 0 amide bonds. The quantitative estimate of drug-likeness (QED) is 0.222. The Morgan fingerprint density at radius 2 is 1.68 bits per heavy atom. The molecule has 0 bridgehead atoms. The molecule has 0 saturated carbocycles. The molecule has 0 atom stereocenters. The maximum Gasteiger partial charge on any atom is 0.304 e. The van der Waals surface area contributed by atoms with Gasteiger partial charge in [0.1, 0.15) is 18.2 Å². The van der Waals surface area contributed by atoms with Gasteiger partial charge in [-0.15, -0.1) is 0 Å². The van der Waals surface area contributed by atoms with Crippen LogP contribution in [0.25, 0.3) is 5.65 Å². The van der Waals surface area contributed by atoms with E-state index in [1.807, 2.05) is 35.2 Å². The van der Waals surface area contributed by atoms with Crippen molar-refractivity contribution in [3.63, 3.8) is 0 Å². The number of ether oxygens (including phenoxy) is 2. The van der Waals surface area contributed by atoms with Crippen molar-refractivity contribution in [3.8, 4) is 5.75 Å². The van der Waals surface area contributed by atoms with Crippen molar-refractivity contribution in [2.75, 3.05) is 55.6 Å². The van der Waals surface area contributed by atoms with Crippen LogP contribution in [0.5, 0.6) is 5.75 Å². The number of hydrogen-bond donors (Lipinski definition) is 0. The Balaban J connectivity index is 1.42. The number of rotatable bonds is 11. The minimum absolute atomic E-state index is 0.00747. The van der Waals surface area contributed by atoms with Crippen molar-refractivity contribution in [2.45, 2.75) is 25.9 Å². The molecule has 4 heterocycles. The minimum atomic E-state index is -3.93. The summed E-state index contributed by atoms with van der Waals surface area (Å²) in [5.74, 6) is -1.58. The molecule has 14 heteroatoms. The first kappa shape index (κ1) is 32.3. The van der Waals surface area contributed by atoms with Crippen LogP contribution in [-0.4, -0.2) is 80.1 Å². The van der Waals surface area contributed by atoms with E-state index in [0.29, 0.717) is 37.6 Å². The zero-order valence-corrected chi connectivity index (χ0v) is 26.6. The lowest BCUT2D eigenvalue weighted by Crippen LogP contribution is -2.37. The van der Waals surface area contributed by atoms with Gasteiger partial charge in [-0.3, -0.25) is 23.1 Å². The molecule has 2 saturated heterocycles. The van der Waals surface area contributed by atoms with Crippen LogP contribution >= 0.6 is 0 Å². The Labute approximate surface area is 271 Å². The van der Waals surface area contributed by atoms with E-state index < -0.39 is 27.4 Å². The van der Waals surface area contributed by atoms with Crippen LogP contribution in [0.15, 0.2) is 71.7 Å².